The number of urea groups is 1. The lowest BCUT2D eigenvalue weighted by Gasteiger charge is -2.16. The number of nitrogens with one attached hydrogen (secondary N) is 2. The predicted octanol–water partition coefficient (Wildman–Crippen LogP) is 4.06. The number of anilines is 1. The molecule has 7 heteroatoms. The Balaban J connectivity index is 0.000000659. The first kappa shape index (κ1) is 19.1. The number of hydrogen-bond acceptors (Lipinski definition) is 4. The van der Waals surface area contributed by atoms with Gasteiger partial charge in [-0.05, 0) is 90.9 Å². The maximum absolute atomic E-state index is 13.2. The highest BCUT2D eigenvalue weighted by molar-refractivity contribution is 7.98. The lowest BCUT2D eigenvalue weighted by atomic mass is 9.99. The zero-order chi connectivity index (χ0) is 19.2. The number of hydrogen-bond donors (Lipinski definition) is 3. The SMILES string of the molecule is N#CN.O=C(NSc1cccc(F)c1)Nc1c2c(cc3c1CCC3)CCC2. The van der Waals surface area contributed by atoms with E-state index in [1.54, 1.807) is 12.1 Å². The van der Waals surface area contributed by atoms with E-state index < -0.39 is 0 Å². The van der Waals surface area contributed by atoms with Crippen LogP contribution < -0.4 is 15.8 Å². The average molecular weight is 384 g/mol. The number of halogens is 1. The molecule has 2 aromatic carbocycles. The van der Waals surface area contributed by atoms with Crippen LogP contribution in [0.5, 0.6) is 0 Å². The number of nitrogens with zero attached hydrogens (tertiary/aromatic N) is 1. The molecule has 0 aliphatic heterocycles. The zero-order valence-electron chi connectivity index (χ0n) is 14.8. The number of benzene rings is 2. The lowest BCUT2D eigenvalue weighted by Crippen LogP contribution is -2.24. The Morgan fingerprint density at radius 1 is 1.11 bits per heavy atom. The number of nitriles is 1. The fourth-order valence-corrected chi connectivity index (χ4v) is 4.32. The Kier molecular flexibility index (Phi) is 6.20. The Morgan fingerprint density at radius 3 is 2.33 bits per heavy atom. The standard InChI is InChI=1S/C19H19FN2OS.CH2N2/c20-14-6-3-7-15(11-14)24-22-19(23)21-18-16-8-1-4-12(16)10-13-5-2-9-17(13)18;2-1-3/h3,6-7,10-11H,1-2,4-5,8-9H2,(H2,21,22,23);2H2. The van der Waals surface area contributed by atoms with E-state index in [0.29, 0.717) is 4.90 Å². The molecule has 0 atom stereocenters. The summed E-state index contributed by atoms with van der Waals surface area (Å²) in [6.07, 6.45) is 7.86. The van der Waals surface area contributed by atoms with Crippen LogP contribution in [0.15, 0.2) is 35.2 Å². The molecular formula is C20H21FN4OS. The van der Waals surface area contributed by atoms with E-state index in [1.807, 2.05) is 0 Å². The largest absolute Gasteiger partial charge is 0.337 e. The third kappa shape index (κ3) is 4.52. The van der Waals surface area contributed by atoms with E-state index in [-0.39, 0.29) is 11.8 Å². The van der Waals surface area contributed by atoms with Gasteiger partial charge in [0.2, 0.25) is 0 Å². The Labute approximate surface area is 162 Å². The van der Waals surface area contributed by atoms with Crippen LogP contribution in [0.1, 0.15) is 35.1 Å². The summed E-state index contributed by atoms with van der Waals surface area (Å²) in [5.41, 5.74) is 10.6. The van der Waals surface area contributed by atoms with Crippen molar-refractivity contribution in [2.24, 2.45) is 5.73 Å². The summed E-state index contributed by atoms with van der Waals surface area (Å²) < 4.78 is 16.0. The smallest absolute Gasteiger partial charge is 0.329 e. The second kappa shape index (κ2) is 8.78. The van der Waals surface area contributed by atoms with Crippen LogP contribution in [-0.4, -0.2) is 6.03 Å². The van der Waals surface area contributed by atoms with Crippen LogP contribution in [0, 0.1) is 17.3 Å². The summed E-state index contributed by atoms with van der Waals surface area (Å²) in [4.78, 5) is 13.0. The normalized spacial score (nSPS) is 13.6. The molecule has 140 valence electrons. The molecule has 0 bridgehead atoms. The van der Waals surface area contributed by atoms with Crippen LogP contribution in [0.4, 0.5) is 14.9 Å². The molecule has 4 rings (SSSR count). The molecule has 0 aromatic heterocycles. The predicted molar refractivity (Wildman–Crippen MR) is 105 cm³/mol. The van der Waals surface area contributed by atoms with Crippen LogP contribution in [-0.2, 0) is 25.7 Å². The summed E-state index contributed by atoms with van der Waals surface area (Å²) >= 11 is 1.13. The number of fused-ring (bicyclic) bond motifs is 2. The van der Waals surface area contributed by atoms with Crippen molar-refractivity contribution in [2.45, 2.75) is 43.4 Å². The summed E-state index contributed by atoms with van der Waals surface area (Å²) in [5.74, 6) is -0.305. The van der Waals surface area contributed by atoms with E-state index in [0.717, 1.165) is 56.2 Å². The molecule has 2 amide bonds. The van der Waals surface area contributed by atoms with E-state index in [2.05, 4.69) is 21.8 Å². The molecule has 5 nitrogen and oxygen atoms in total. The first-order valence-electron chi connectivity index (χ1n) is 8.88. The number of rotatable bonds is 3. The minimum atomic E-state index is -0.305. The summed E-state index contributed by atoms with van der Waals surface area (Å²) in [6.45, 7) is 0. The highest BCUT2D eigenvalue weighted by Gasteiger charge is 2.24. The molecule has 0 radical (unpaired) electrons. The van der Waals surface area contributed by atoms with Crippen molar-refractivity contribution in [1.82, 2.24) is 4.72 Å². The number of aryl methyl sites for hydroxylation is 2. The van der Waals surface area contributed by atoms with Crippen molar-refractivity contribution >= 4 is 23.7 Å². The Hall–Kier alpha value is -2.72. The molecular weight excluding hydrogens is 363 g/mol. The van der Waals surface area contributed by atoms with Gasteiger partial charge in [-0.25, -0.2) is 9.18 Å². The van der Waals surface area contributed by atoms with Gasteiger partial charge in [0, 0.05) is 10.6 Å². The van der Waals surface area contributed by atoms with Crippen molar-refractivity contribution in [1.29, 1.82) is 5.26 Å². The first-order chi connectivity index (χ1) is 13.1. The molecule has 2 aliphatic carbocycles. The topological polar surface area (TPSA) is 90.9 Å². The molecule has 4 N–H and O–H groups in total. The fourth-order valence-electron chi connectivity index (χ4n) is 3.74. The average Bonchev–Trinajstić information content (AvgIpc) is 3.29. The van der Waals surface area contributed by atoms with Gasteiger partial charge in [0.15, 0.2) is 6.19 Å². The Bertz CT molecular complexity index is 862. The fraction of sp³-hybridized carbons (Fsp3) is 0.300. The van der Waals surface area contributed by atoms with E-state index >= 15 is 0 Å². The molecule has 0 fully saturated rings. The van der Waals surface area contributed by atoms with Crippen molar-refractivity contribution in [2.75, 3.05) is 5.32 Å². The lowest BCUT2D eigenvalue weighted by molar-refractivity contribution is 0.257. The number of nitrogens with two attached hydrogens (primary N) is 1. The minimum absolute atomic E-state index is 0.251. The molecule has 0 spiro atoms. The Morgan fingerprint density at radius 2 is 1.74 bits per heavy atom. The maximum Gasteiger partial charge on any atom is 0.329 e. The van der Waals surface area contributed by atoms with E-state index in [1.165, 1.54) is 40.6 Å². The van der Waals surface area contributed by atoms with Crippen LogP contribution >= 0.6 is 11.9 Å². The highest BCUT2D eigenvalue weighted by atomic mass is 32.2. The van der Waals surface area contributed by atoms with Crippen molar-refractivity contribution < 1.29 is 9.18 Å². The monoisotopic (exact) mass is 384 g/mol. The highest BCUT2D eigenvalue weighted by Crippen LogP contribution is 2.38. The van der Waals surface area contributed by atoms with Gasteiger partial charge in [0.25, 0.3) is 0 Å². The van der Waals surface area contributed by atoms with E-state index in [9.17, 15) is 9.18 Å². The molecule has 2 aromatic rings. The van der Waals surface area contributed by atoms with Crippen LogP contribution in [0.25, 0.3) is 0 Å². The third-order valence-electron chi connectivity index (χ3n) is 4.77. The van der Waals surface area contributed by atoms with Gasteiger partial charge in [-0.2, -0.15) is 5.26 Å². The van der Waals surface area contributed by atoms with E-state index in [4.69, 9.17) is 5.26 Å². The summed E-state index contributed by atoms with van der Waals surface area (Å²) in [7, 11) is 0. The number of carbonyl (C=O) groups is 1. The molecule has 0 unspecified atom stereocenters. The van der Waals surface area contributed by atoms with Crippen LogP contribution in [0.3, 0.4) is 0 Å². The second-order valence-electron chi connectivity index (χ2n) is 6.48. The first-order valence-corrected chi connectivity index (χ1v) is 9.69. The van der Waals surface area contributed by atoms with Gasteiger partial charge in [-0.15, -0.1) is 0 Å². The van der Waals surface area contributed by atoms with Crippen molar-refractivity contribution in [3.05, 3.63) is 58.4 Å². The number of carbonyl (C=O) groups excluding carboxylic acids is 1. The maximum atomic E-state index is 13.2. The van der Waals surface area contributed by atoms with Gasteiger partial charge < -0.3 is 11.1 Å². The van der Waals surface area contributed by atoms with Crippen LogP contribution in [0.2, 0.25) is 0 Å². The zero-order valence-corrected chi connectivity index (χ0v) is 15.7. The summed E-state index contributed by atoms with van der Waals surface area (Å²) in [5, 5.41) is 10.2. The van der Waals surface area contributed by atoms with Gasteiger partial charge in [-0.1, -0.05) is 12.1 Å². The van der Waals surface area contributed by atoms with Crippen molar-refractivity contribution in [3.8, 4) is 6.19 Å². The van der Waals surface area contributed by atoms with Gasteiger partial charge >= 0.3 is 6.03 Å². The quantitative estimate of drug-likeness (QED) is 0.423. The molecule has 0 heterocycles. The number of amides is 2. The van der Waals surface area contributed by atoms with Gasteiger partial charge in [-0.3, -0.25) is 4.72 Å². The second-order valence-corrected chi connectivity index (χ2v) is 7.36. The third-order valence-corrected chi connectivity index (χ3v) is 5.55. The minimum Gasteiger partial charge on any atom is -0.337 e. The molecule has 0 saturated carbocycles. The summed E-state index contributed by atoms with van der Waals surface area (Å²) in [6, 6.07) is 8.29. The molecule has 0 saturated heterocycles. The molecule has 27 heavy (non-hydrogen) atoms. The van der Waals surface area contributed by atoms with Gasteiger partial charge in [0.1, 0.15) is 5.82 Å². The van der Waals surface area contributed by atoms with Gasteiger partial charge in [0.05, 0.1) is 0 Å². The van der Waals surface area contributed by atoms with Crippen molar-refractivity contribution in [3.63, 3.8) is 0 Å². The molecule has 2 aliphatic rings.